The maximum Gasteiger partial charge on any atom is 0.254 e. The average Bonchev–Trinajstić information content (AvgIpc) is 2.53. The topological polar surface area (TPSA) is 61.9 Å². The van der Waals surface area contributed by atoms with Gasteiger partial charge in [-0.05, 0) is 24.3 Å². The summed E-state index contributed by atoms with van der Waals surface area (Å²) in [7, 11) is 5.46. The van der Waals surface area contributed by atoms with Crippen LogP contribution in [0.4, 0.5) is 5.69 Å². The Kier molecular flexibility index (Phi) is 4.80. The summed E-state index contributed by atoms with van der Waals surface area (Å²) in [5.41, 5.74) is 1.66. The number of morpholine rings is 1. The molecule has 1 fully saturated rings. The molecule has 1 saturated heterocycles. The lowest BCUT2D eigenvalue weighted by Gasteiger charge is -2.32. The highest BCUT2D eigenvalue weighted by atomic mass is 16.5. The highest BCUT2D eigenvalue weighted by molar-refractivity contribution is 5.95. The van der Waals surface area contributed by atoms with E-state index in [4.69, 9.17) is 4.74 Å². The molecule has 6 heteroatoms. The van der Waals surface area contributed by atoms with Crippen LogP contribution in [0, 0.1) is 0 Å². The summed E-state index contributed by atoms with van der Waals surface area (Å²) in [6, 6.07) is 7.43. The van der Waals surface area contributed by atoms with Crippen molar-refractivity contribution in [2.24, 2.45) is 0 Å². The molecule has 6 nitrogen and oxygen atoms in total. The van der Waals surface area contributed by atoms with Gasteiger partial charge in [0.1, 0.15) is 0 Å². The van der Waals surface area contributed by atoms with E-state index in [1.165, 1.54) is 0 Å². The largest absolute Gasteiger partial charge is 0.378 e. The van der Waals surface area contributed by atoms with Crippen molar-refractivity contribution in [3.63, 3.8) is 0 Å². The van der Waals surface area contributed by atoms with Crippen molar-refractivity contribution in [2.75, 3.05) is 45.7 Å². The summed E-state index contributed by atoms with van der Waals surface area (Å²) in [5, 5.41) is 2.55. The van der Waals surface area contributed by atoms with Crippen molar-refractivity contribution in [3.05, 3.63) is 29.8 Å². The molecule has 1 heterocycles. The summed E-state index contributed by atoms with van der Waals surface area (Å²) >= 11 is 0. The lowest BCUT2D eigenvalue weighted by atomic mass is 10.1. The van der Waals surface area contributed by atoms with E-state index in [9.17, 15) is 9.59 Å². The zero-order valence-corrected chi connectivity index (χ0v) is 12.6. The first-order chi connectivity index (χ1) is 10.0. The monoisotopic (exact) mass is 291 g/mol. The van der Waals surface area contributed by atoms with Gasteiger partial charge in [-0.15, -0.1) is 0 Å². The third-order valence-corrected chi connectivity index (χ3v) is 3.52. The highest BCUT2D eigenvalue weighted by Crippen LogP contribution is 2.15. The number of likely N-dealkylation sites (N-methyl/N-ethyl adjacent to an activating group) is 1. The molecule has 0 spiro atoms. The molecule has 0 saturated carbocycles. The molecule has 0 unspecified atom stereocenters. The second-order valence-electron chi connectivity index (χ2n) is 5.17. The molecular formula is C15H21N3O3. The standard InChI is InChI=1S/C15H21N3O3/c1-16-14(19)13-10-18(8-9-21-13)15(20)11-4-6-12(7-5-11)17(2)3/h4-7,13H,8-10H2,1-3H3,(H,16,19)/t13-/m1/s1. The Balaban J connectivity index is 2.06. The van der Waals surface area contributed by atoms with Crippen LogP contribution < -0.4 is 10.2 Å². The van der Waals surface area contributed by atoms with E-state index in [1.54, 1.807) is 11.9 Å². The van der Waals surface area contributed by atoms with Crippen molar-refractivity contribution in [3.8, 4) is 0 Å². The van der Waals surface area contributed by atoms with Crippen molar-refractivity contribution in [1.29, 1.82) is 0 Å². The van der Waals surface area contributed by atoms with Gasteiger partial charge in [0, 0.05) is 38.9 Å². The second-order valence-corrected chi connectivity index (χ2v) is 5.17. The van der Waals surface area contributed by atoms with E-state index >= 15 is 0 Å². The number of rotatable bonds is 3. The molecule has 0 radical (unpaired) electrons. The van der Waals surface area contributed by atoms with Crippen LogP contribution in [-0.2, 0) is 9.53 Å². The summed E-state index contributed by atoms with van der Waals surface area (Å²) in [6.07, 6.45) is -0.589. The van der Waals surface area contributed by atoms with Crippen LogP contribution in [-0.4, -0.2) is 63.7 Å². The van der Waals surface area contributed by atoms with Crippen LogP contribution in [0.25, 0.3) is 0 Å². The van der Waals surface area contributed by atoms with Gasteiger partial charge in [0.15, 0.2) is 6.10 Å². The van der Waals surface area contributed by atoms with E-state index in [1.807, 2.05) is 43.3 Å². The molecule has 2 rings (SSSR count). The van der Waals surface area contributed by atoms with Crippen LogP contribution in [0.3, 0.4) is 0 Å². The molecule has 1 aliphatic rings. The van der Waals surface area contributed by atoms with Crippen LogP contribution >= 0.6 is 0 Å². The molecule has 0 aromatic heterocycles. The van der Waals surface area contributed by atoms with Gasteiger partial charge in [0.2, 0.25) is 0 Å². The van der Waals surface area contributed by atoms with E-state index in [2.05, 4.69) is 5.32 Å². The fourth-order valence-corrected chi connectivity index (χ4v) is 2.24. The maximum atomic E-state index is 12.5. The van der Waals surface area contributed by atoms with Crippen LogP contribution in [0.1, 0.15) is 10.4 Å². The Morgan fingerprint density at radius 1 is 1.29 bits per heavy atom. The predicted molar refractivity (Wildman–Crippen MR) is 80.5 cm³/mol. The van der Waals surface area contributed by atoms with Gasteiger partial charge in [0.05, 0.1) is 13.2 Å². The number of carbonyl (C=O) groups excluding carboxylic acids is 2. The quantitative estimate of drug-likeness (QED) is 0.872. The second kappa shape index (κ2) is 6.58. The number of amides is 2. The maximum absolute atomic E-state index is 12.5. The molecule has 1 aliphatic heterocycles. The first-order valence-electron chi connectivity index (χ1n) is 6.93. The minimum absolute atomic E-state index is 0.0718. The molecule has 1 aromatic carbocycles. The molecule has 21 heavy (non-hydrogen) atoms. The van der Waals surface area contributed by atoms with Crippen LogP contribution in [0.5, 0.6) is 0 Å². The Bertz CT molecular complexity index is 513. The van der Waals surface area contributed by atoms with E-state index in [0.717, 1.165) is 5.69 Å². The molecule has 0 bridgehead atoms. The van der Waals surface area contributed by atoms with Crippen LogP contribution in [0.15, 0.2) is 24.3 Å². The third-order valence-electron chi connectivity index (χ3n) is 3.52. The summed E-state index contributed by atoms with van der Waals surface area (Å²) < 4.78 is 5.38. The molecule has 114 valence electrons. The van der Waals surface area contributed by atoms with Crippen molar-refractivity contribution >= 4 is 17.5 Å². The van der Waals surface area contributed by atoms with Crippen molar-refractivity contribution < 1.29 is 14.3 Å². The van der Waals surface area contributed by atoms with Gasteiger partial charge in [-0.1, -0.05) is 0 Å². The summed E-state index contributed by atoms with van der Waals surface area (Å²) in [6.45, 7) is 1.16. The van der Waals surface area contributed by atoms with E-state index in [-0.39, 0.29) is 18.4 Å². The zero-order valence-electron chi connectivity index (χ0n) is 12.6. The summed E-state index contributed by atoms with van der Waals surface area (Å²) in [4.78, 5) is 27.7. The first-order valence-corrected chi connectivity index (χ1v) is 6.93. The van der Waals surface area contributed by atoms with Gasteiger partial charge in [-0.25, -0.2) is 0 Å². The zero-order chi connectivity index (χ0) is 15.4. The van der Waals surface area contributed by atoms with Gasteiger partial charge in [-0.3, -0.25) is 9.59 Å². The molecule has 1 N–H and O–H groups in total. The smallest absolute Gasteiger partial charge is 0.254 e. The molecule has 0 aliphatic carbocycles. The number of benzene rings is 1. The number of carbonyl (C=O) groups is 2. The Hall–Kier alpha value is -2.08. The predicted octanol–water partition coefficient (Wildman–Crippen LogP) is 0.340. The lowest BCUT2D eigenvalue weighted by molar-refractivity contribution is -0.136. The third kappa shape index (κ3) is 3.52. The van der Waals surface area contributed by atoms with Crippen molar-refractivity contribution in [2.45, 2.75) is 6.10 Å². The first kappa shape index (κ1) is 15.3. The van der Waals surface area contributed by atoms with E-state index in [0.29, 0.717) is 18.7 Å². The van der Waals surface area contributed by atoms with Crippen LogP contribution in [0.2, 0.25) is 0 Å². The lowest BCUT2D eigenvalue weighted by Crippen LogP contribution is -2.51. The fourth-order valence-electron chi connectivity index (χ4n) is 2.24. The summed E-state index contributed by atoms with van der Waals surface area (Å²) in [5.74, 6) is -0.270. The molecule has 1 aromatic rings. The van der Waals surface area contributed by atoms with Gasteiger partial charge < -0.3 is 19.9 Å². The fraction of sp³-hybridized carbons (Fsp3) is 0.467. The number of hydrogen-bond acceptors (Lipinski definition) is 4. The van der Waals surface area contributed by atoms with E-state index < -0.39 is 6.10 Å². The average molecular weight is 291 g/mol. The number of hydrogen-bond donors (Lipinski definition) is 1. The molecule has 2 amide bonds. The number of anilines is 1. The minimum atomic E-state index is -0.589. The number of ether oxygens (including phenoxy) is 1. The molecule has 1 atom stereocenters. The normalized spacial score (nSPS) is 18.2. The Morgan fingerprint density at radius 3 is 2.52 bits per heavy atom. The Labute approximate surface area is 124 Å². The minimum Gasteiger partial charge on any atom is -0.378 e. The SMILES string of the molecule is CNC(=O)[C@H]1CN(C(=O)c2ccc(N(C)C)cc2)CCO1. The molecular weight excluding hydrogens is 270 g/mol. The highest BCUT2D eigenvalue weighted by Gasteiger charge is 2.29. The number of nitrogens with zero attached hydrogens (tertiary/aromatic N) is 2. The number of nitrogens with one attached hydrogen (secondary N) is 1. The van der Waals surface area contributed by atoms with Gasteiger partial charge in [0.25, 0.3) is 11.8 Å². The Morgan fingerprint density at radius 2 is 1.95 bits per heavy atom. The van der Waals surface area contributed by atoms with Crippen molar-refractivity contribution in [1.82, 2.24) is 10.2 Å². The van der Waals surface area contributed by atoms with Gasteiger partial charge in [-0.2, -0.15) is 0 Å². The van der Waals surface area contributed by atoms with Gasteiger partial charge >= 0.3 is 0 Å².